The third-order valence-corrected chi connectivity index (χ3v) is 6.80. The molecule has 4 rings (SSSR count). The molecule has 196 valence electrons. The largest absolute Gasteiger partial charge is 0.497 e. The lowest BCUT2D eigenvalue weighted by Crippen LogP contribution is -2.25. The van der Waals surface area contributed by atoms with Gasteiger partial charge in [-0.05, 0) is 82.4 Å². The van der Waals surface area contributed by atoms with Crippen LogP contribution >= 0.6 is 0 Å². The maximum atomic E-state index is 12.5. The Morgan fingerprint density at radius 3 is 1.32 bits per heavy atom. The van der Waals surface area contributed by atoms with Gasteiger partial charge in [0.15, 0.2) is 0 Å². The summed E-state index contributed by atoms with van der Waals surface area (Å²) in [5.74, 6) is 1.51. The van der Waals surface area contributed by atoms with E-state index in [4.69, 9.17) is 9.47 Å². The molecule has 0 heterocycles. The summed E-state index contributed by atoms with van der Waals surface area (Å²) >= 11 is 0. The van der Waals surface area contributed by atoms with Crippen molar-refractivity contribution >= 4 is 16.9 Å². The molecule has 0 saturated heterocycles. The van der Waals surface area contributed by atoms with Crippen molar-refractivity contribution < 1.29 is 14.6 Å². The minimum atomic E-state index is -1.41. The lowest BCUT2D eigenvalue weighted by atomic mass is 9.82. The molecule has 0 aliphatic heterocycles. The summed E-state index contributed by atoms with van der Waals surface area (Å²) < 4.78 is 10.8. The van der Waals surface area contributed by atoms with Gasteiger partial charge in [0.2, 0.25) is 0 Å². The molecule has 4 aromatic carbocycles. The molecule has 0 radical (unpaired) electrons. The van der Waals surface area contributed by atoms with Crippen molar-refractivity contribution in [1.82, 2.24) is 0 Å². The number of rotatable bonds is 9. The number of ether oxygens (including phenoxy) is 2. The number of nitrogens with zero attached hydrogens (tertiary/aromatic N) is 2. The molecular weight excluding hydrogens is 472 g/mol. The van der Waals surface area contributed by atoms with Crippen LogP contribution in [0.3, 0.4) is 0 Å². The fourth-order valence-corrected chi connectivity index (χ4v) is 4.44. The molecule has 4 aromatic rings. The van der Waals surface area contributed by atoms with E-state index >= 15 is 0 Å². The fraction of sp³-hybridized carbons (Fsp3) is 0.212. The van der Waals surface area contributed by atoms with Gasteiger partial charge < -0.3 is 24.4 Å². The summed E-state index contributed by atoms with van der Waals surface area (Å²) in [5, 5.41) is 12.5. The smallest absolute Gasteiger partial charge is 0.134 e. The summed E-state index contributed by atoms with van der Waals surface area (Å²) in [6.07, 6.45) is 1.95. The lowest BCUT2D eigenvalue weighted by molar-refractivity contribution is 0.135. The van der Waals surface area contributed by atoms with Crippen LogP contribution in [0.25, 0.3) is 5.57 Å². The van der Waals surface area contributed by atoms with Gasteiger partial charge in [0.25, 0.3) is 0 Å². The van der Waals surface area contributed by atoms with Gasteiger partial charge in [-0.3, -0.25) is 0 Å². The second-order valence-electron chi connectivity index (χ2n) is 9.66. The Labute approximate surface area is 226 Å². The first-order valence-corrected chi connectivity index (χ1v) is 12.5. The molecule has 5 heteroatoms. The summed E-state index contributed by atoms with van der Waals surface area (Å²) in [4.78, 5) is 4.11. The van der Waals surface area contributed by atoms with Crippen LogP contribution in [0.15, 0.2) is 103 Å². The third-order valence-electron chi connectivity index (χ3n) is 6.80. The number of benzene rings is 4. The molecule has 1 atom stereocenters. The van der Waals surface area contributed by atoms with Crippen molar-refractivity contribution in [2.45, 2.75) is 5.60 Å². The summed E-state index contributed by atoms with van der Waals surface area (Å²) in [6.45, 7) is 0. The minimum Gasteiger partial charge on any atom is -0.497 e. The molecule has 0 bridgehead atoms. The summed E-state index contributed by atoms with van der Waals surface area (Å²) in [5.41, 5.74) is 5.14. The Morgan fingerprint density at radius 2 is 0.921 bits per heavy atom. The molecule has 0 aliphatic rings. The standard InChI is InChI=1S/C33H36N2O3/c1-34(2)28-15-7-24(8-16-28)32(25-9-19-30(37-5)20-10-25)23-33(36,27-13-21-31(38-6)22-14-27)26-11-17-29(18-12-26)35(3)4/h7-23,36H,1-6H3. The molecule has 0 spiro atoms. The number of anilines is 2. The van der Waals surface area contributed by atoms with Crippen molar-refractivity contribution in [3.63, 3.8) is 0 Å². The van der Waals surface area contributed by atoms with E-state index in [-0.39, 0.29) is 0 Å². The summed E-state index contributed by atoms with van der Waals surface area (Å²) in [7, 11) is 11.4. The van der Waals surface area contributed by atoms with Gasteiger partial charge in [0, 0.05) is 39.6 Å². The Balaban J connectivity index is 1.95. The predicted molar refractivity (Wildman–Crippen MR) is 158 cm³/mol. The molecule has 1 unspecified atom stereocenters. The molecule has 0 fully saturated rings. The van der Waals surface area contributed by atoms with Gasteiger partial charge in [0.1, 0.15) is 17.1 Å². The van der Waals surface area contributed by atoms with Gasteiger partial charge in [-0.15, -0.1) is 0 Å². The van der Waals surface area contributed by atoms with Crippen LogP contribution in [0, 0.1) is 0 Å². The number of aliphatic hydroxyl groups is 1. The number of hydrogen-bond donors (Lipinski definition) is 1. The number of hydrogen-bond acceptors (Lipinski definition) is 5. The van der Waals surface area contributed by atoms with E-state index in [1.807, 2.05) is 112 Å². The lowest BCUT2D eigenvalue weighted by Gasteiger charge is -2.29. The van der Waals surface area contributed by atoms with Crippen LogP contribution in [0.1, 0.15) is 22.3 Å². The monoisotopic (exact) mass is 508 g/mol. The summed E-state index contributed by atoms with van der Waals surface area (Å²) in [6, 6.07) is 31.9. The Kier molecular flexibility index (Phi) is 8.08. The van der Waals surface area contributed by atoms with Crippen molar-refractivity contribution in [3.05, 3.63) is 125 Å². The van der Waals surface area contributed by atoms with E-state index in [9.17, 15) is 5.11 Å². The highest BCUT2D eigenvalue weighted by molar-refractivity contribution is 5.82. The minimum absolute atomic E-state index is 0.734. The fourth-order valence-electron chi connectivity index (χ4n) is 4.44. The van der Waals surface area contributed by atoms with Crippen LogP contribution in [-0.4, -0.2) is 47.5 Å². The van der Waals surface area contributed by atoms with Crippen molar-refractivity contribution in [3.8, 4) is 11.5 Å². The molecular formula is C33H36N2O3. The first kappa shape index (κ1) is 26.8. The Hall–Kier alpha value is -4.22. The maximum absolute atomic E-state index is 12.5. The quantitative estimate of drug-likeness (QED) is 0.292. The van der Waals surface area contributed by atoms with E-state index in [0.717, 1.165) is 50.7 Å². The van der Waals surface area contributed by atoms with Crippen LogP contribution in [-0.2, 0) is 5.60 Å². The Morgan fingerprint density at radius 1 is 0.579 bits per heavy atom. The Bertz CT molecular complexity index is 1360. The normalized spacial score (nSPS) is 13.0. The molecule has 0 aromatic heterocycles. The second kappa shape index (κ2) is 11.4. The first-order chi connectivity index (χ1) is 18.2. The first-order valence-electron chi connectivity index (χ1n) is 12.5. The van der Waals surface area contributed by atoms with Crippen LogP contribution in [0.2, 0.25) is 0 Å². The molecule has 38 heavy (non-hydrogen) atoms. The molecule has 5 nitrogen and oxygen atoms in total. The van der Waals surface area contributed by atoms with Crippen LogP contribution in [0.4, 0.5) is 11.4 Å². The van der Waals surface area contributed by atoms with E-state index < -0.39 is 5.60 Å². The molecule has 1 N–H and O–H groups in total. The maximum Gasteiger partial charge on any atom is 0.134 e. The zero-order valence-corrected chi connectivity index (χ0v) is 23.0. The van der Waals surface area contributed by atoms with E-state index in [1.54, 1.807) is 14.2 Å². The molecule has 0 amide bonds. The third kappa shape index (κ3) is 5.68. The van der Waals surface area contributed by atoms with Crippen molar-refractivity contribution in [1.29, 1.82) is 0 Å². The predicted octanol–water partition coefficient (Wildman–Crippen LogP) is 6.20. The average molecular weight is 509 g/mol. The van der Waals surface area contributed by atoms with Gasteiger partial charge in [0.05, 0.1) is 14.2 Å². The zero-order chi connectivity index (χ0) is 27.3. The van der Waals surface area contributed by atoms with Gasteiger partial charge in [-0.25, -0.2) is 0 Å². The van der Waals surface area contributed by atoms with Gasteiger partial charge in [-0.1, -0.05) is 48.5 Å². The van der Waals surface area contributed by atoms with Crippen molar-refractivity contribution in [2.75, 3.05) is 52.2 Å². The van der Waals surface area contributed by atoms with Gasteiger partial charge in [-0.2, -0.15) is 0 Å². The van der Waals surface area contributed by atoms with E-state index in [1.165, 1.54) is 0 Å². The van der Waals surface area contributed by atoms with Crippen molar-refractivity contribution in [2.24, 2.45) is 0 Å². The topological polar surface area (TPSA) is 45.2 Å². The van der Waals surface area contributed by atoms with E-state index in [2.05, 4.69) is 29.2 Å². The highest BCUT2D eigenvalue weighted by atomic mass is 16.5. The zero-order valence-electron chi connectivity index (χ0n) is 23.0. The molecule has 0 saturated carbocycles. The van der Waals surface area contributed by atoms with Gasteiger partial charge >= 0.3 is 0 Å². The molecule has 0 aliphatic carbocycles. The average Bonchev–Trinajstić information content (AvgIpc) is 2.96. The van der Waals surface area contributed by atoms with E-state index in [0.29, 0.717) is 0 Å². The highest BCUT2D eigenvalue weighted by Gasteiger charge is 2.31. The highest BCUT2D eigenvalue weighted by Crippen LogP contribution is 2.38. The second-order valence-corrected chi connectivity index (χ2v) is 9.66. The van der Waals surface area contributed by atoms with Crippen LogP contribution in [0.5, 0.6) is 11.5 Å². The van der Waals surface area contributed by atoms with Crippen LogP contribution < -0.4 is 19.3 Å². The SMILES string of the molecule is COc1ccc(C(=CC(O)(c2ccc(OC)cc2)c2ccc(N(C)C)cc2)c2ccc(N(C)C)cc2)cc1. The number of methoxy groups -OCH3 is 2.